The molecule has 0 bridgehead atoms. The maximum atomic E-state index is 4.78. The molecule has 0 amide bonds. The zero-order valence-corrected chi connectivity index (χ0v) is 3.60. The van der Waals surface area contributed by atoms with Gasteiger partial charge in [0.15, 0.2) is 0 Å². The van der Waals surface area contributed by atoms with Gasteiger partial charge in [0.05, 0.1) is 0 Å². The Morgan fingerprint density at radius 3 is 1.25 bits per heavy atom. The summed E-state index contributed by atoms with van der Waals surface area (Å²) < 4.78 is 0. The molecule has 0 spiro atoms. The first-order valence-electron chi connectivity index (χ1n) is 0.638. The van der Waals surface area contributed by atoms with Crippen LogP contribution < -0.4 is 10.3 Å². The summed E-state index contributed by atoms with van der Waals surface area (Å²) >= 11 is 0. The van der Waals surface area contributed by atoms with Crippen LogP contribution in [0, 0.1) is 0 Å². The third-order valence-electron chi connectivity index (χ3n) is 0.0556. The summed E-state index contributed by atoms with van der Waals surface area (Å²) in [5, 5.41) is 9.56. The minimum atomic E-state index is 1.05. The van der Waals surface area contributed by atoms with Crippen LogP contribution in [0.15, 0.2) is 0 Å². The van der Waals surface area contributed by atoms with E-state index in [1.165, 1.54) is 0 Å². The fourth-order valence-electron chi connectivity index (χ4n) is 0. The predicted molar refractivity (Wildman–Crippen MR) is 23.6 cm³/mol. The lowest BCUT2D eigenvalue weighted by molar-refractivity contribution is 2.04. The molecule has 0 rings (SSSR count). The third kappa shape index (κ3) is 2.62. The van der Waals surface area contributed by atoms with Crippen molar-refractivity contribution < 1.29 is 0 Å². The molecule has 0 atom stereocenters. The minimum Gasteiger partial charge on any atom is -0.267 e. The summed E-state index contributed by atoms with van der Waals surface area (Å²) in [5.41, 5.74) is 0. The largest absolute Gasteiger partial charge is 0.267 e. The average Bonchev–Trinajstić information content (AvgIpc) is 1.37. The SMILES string of the molecule is NSSN. The summed E-state index contributed by atoms with van der Waals surface area (Å²) in [7, 11) is 2.10. The standard InChI is InChI=1S/H4N2S2/c1-3-4-2/h1-2H2. The number of hydrogen-bond donors (Lipinski definition) is 2. The zero-order chi connectivity index (χ0) is 3.41. The van der Waals surface area contributed by atoms with Crippen molar-refractivity contribution in [3.8, 4) is 0 Å². The fraction of sp³-hybridized carbons (Fsp3) is 0. The number of hydrogen-bond acceptors (Lipinski definition) is 4. The molecule has 0 aliphatic carbocycles. The van der Waals surface area contributed by atoms with E-state index in [0.29, 0.717) is 0 Å². The van der Waals surface area contributed by atoms with E-state index < -0.39 is 0 Å². The highest BCUT2D eigenvalue weighted by Gasteiger charge is 1.55. The third-order valence-corrected chi connectivity index (χ3v) is 0.500. The highest BCUT2D eigenvalue weighted by atomic mass is 33.1. The van der Waals surface area contributed by atoms with Crippen LogP contribution in [-0.2, 0) is 0 Å². The lowest BCUT2D eigenvalue weighted by atomic mass is 13.9. The van der Waals surface area contributed by atoms with Gasteiger partial charge in [0.1, 0.15) is 0 Å². The van der Waals surface area contributed by atoms with E-state index in [9.17, 15) is 0 Å². The van der Waals surface area contributed by atoms with Crippen molar-refractivity contribution in [2.45, 2.75) is 0 Å². The Hall–Kier alpha value is 0.620. The molecular weight excluding hydrogens is 92.1 g/mol. The molecule has 0 aromatic heterocycles. The molecule has 2 nitrogen and oxygen atoms in total. The van der Waals surface area contributed by atoms with Crippen molar-refractivity contribution in [3.63, 3.8) is 0 Å². The number of rotatable bonds is 1. The van der Waals surface area contributed by atoms with Crippen molar-refractivity contribution in [3.05, 3.63) is 0 Å². The normalized spacial score (nSPS) is 7.50. The van der Waals surface area contributed by atoms with E-state index in [-0.39, 0.29) is 0 Å². The van der Waals surface area contributed by atoms with E-state index in [2.05, 4.69) is 0 Å². The first-order chi connectivity index (χ1) is 1.91. The minimum absolute atomic E-state index is 1.05. The monoisotopic (exact) mass is 96.0 g/mol. The van der Waals surface area contributed by atoms with Crippen LogP contribution in [0.3, 0.4) is 0 Å². The summed E-state index contributed by atoms with van der Waals surface area (Å²) in [6.45, 7) is 0. The molecule has 26 valence electrons. The average molecular weight is 96.2 g/mol. The van der Waals surface area contributed by atoms with Gasteiger partial charge < -0.3 is 0 Å². The van der Waals surface area contributed by atoms with Crippen LogP contribution in [0.5, 0.6) is 0 Å². The van der Waals surface area contributed by atoms with Crippen LogP contribution in [0.25, 0.3) is 0 Å². The van der Waals surface area contributed by atoms with Crippen molar-refractivity contribution in [1.29, 1.82) is 0 Å². The molecule has 0 radical (unpaired) electrons. The molecule has 4 N–H and O–H groups in total. The summed E-state index contributed by atoms with van der Waals surface area (Å²) in [5.74, 6) is 0. The topological polar surface area (TPSA) is 52.0 Å². The molecule has 0 unspecified atom stereocenters. The van der Waals surface area contributed by atoms with Crippen molar-refractivity contribution >= 4 is 22.0 Å². The van der Waals surface area contributed by atoms with Crippen LogP contribution in [-0.4, -0.2) is 0 Å². The van der Waals surface area contributed by atoms with Crippen molar-refractivity contribution in [2.75, 3.05) is 0 Å². The molecule has 4 heteroatoms. The summed E-state index contributed by atoms with van der Waals surface area (Å²) in [6.07, 6.45) is 0. The smallest absolute Gasteiger partial charge is 0.00201 e. The van der Waals surface area contributed by atoms with Gasteiger partial charge in [-0.2, -0.15) is 0 Å². The van der Waals surface area contributed by atoms with E-state index in [1.54, 1.807) is 0 Å². The molecule has 0 aromatic carbocycles. The second-order valence-corrected chi connectivity index (χ2v) is 1.73. The summed E-state index contributed by atoms with van der Waals surface area (Å²) in [6, 6.07) is 0. The molecular formula is H4N2S2. The van der Waals surface area contributed by atoms with Crippen LogP contribution in [0.4, 0.5) is 0 Å². The molecule has 0 heterocycles. The van der Waals surface area contributed by atoms with Gasteiger partial charge in [0.2, 0.25) is 0 Å². The quantitative estimate of drug-likeness (QED) is 0.359. The number of nitrogens with two attached hydrogens (primary N) is 2. The molecule has 0 saturated carbocycles. The predicted octanol–water partition coefficient (Wildman–Crippen LogP) is 0.115. The van der Waals surface area contributed by atoms with E-state index in [0.717, 1.165) is 22.0 Å². The first-order valence-corrected chi connectivity index (χ1v) is 2.91. The molecule has 0 saturated heterocycles. The van der Waals surface area contributed by atoms with Crippen LogP contribution in [0.2, 0.25) is 0 Å². The van der Waals surface area contributed by atoms with Crippen molar-refractivity contribution in [2.24, 2.45) is 10.3 Å². The molecule has 0 aliphatic heterocycles. The first kappa shape index (κ1) is 4.62. The maximum absolute atomic E-state index is 4.78. The Labute approximate surface area is 33.0 Å². The van der Waals surface area contributed by atoms with E-state index >= 15 is 0 Å². The lowest BCUT2D eigenvalue weighted by Crippen LogP contribution is -1.74. The zero-order valence-electron chi connectivity index (χ0n) is 1.97. The van der Waals surface area contributed by atoms with E-state index in [1.807, 2.05) is 0 Å². The highest BCUT2D eigenvalue weighted by molar-refractivity contribution is 8.75. The maximum Gasteiger partial charge on any atom is 0.00201 e. The lowest BCUT2D eigenvalue weighted by Gasteiger charge is -1.70. The Morgan fingerprint density at radius 2 is 1.25 bits per heavy atom. The Kier molecular flexibility index (Phi) is 4.18. The van der Waals surface area contributed by atoms with Gasteiger partial charge in [0, 0.05) is 22.0 Å². The molecule has 0 fully saturated rings. The van der Waals surface area contributed by atoms with Gasteiger partial charge in [-0.1, -0.05) is 0 Å². The van der Waals surface area contributed by atoms with Gasteiger partial charge in [0.25, 0.3) is 0 Å². The van der Waals surface area contributed by atoms with Gasteiger partial charge >= 0.3 is 0 Å². The second-order valence-electron chi connectivity index (χ2n) is 0.192. The Bertz CT molecular complexity index is 6.00. The van der Waals surface area contributed by atoms with Crippen LogP contribution >= 0.6 is 22.0 Å². The molecule has 0 aliphatic rings. The fourth-order valence-corrected chi connectivity index (χ4v) is 0. The van der Waals surface area contributed by atoms with Gasteiger partial charge in [-0.15, -0.1) is 0 Å². The Morgan fingerprint density at radius 1 is 1.00 bits per heavy atom. The van der Waals surface area contributed by atoms with E-state index in [4.69, 9.17) is 10.3 Å². The van der Waals surface area contributed by atoms with Gasteiger partial charge in [-0.05, 0) is 0 Å². The van der Waals surface area contributed by atoms with Crippen LogP contribution in [0.1, 0.15) is 0 Å². The highest BCUT2D eigenvalue weighted by Crippen LogP contribution is 1.98. The Balaban J connectivity index is 1.97. The van der Waals surface area contributed by atoms with Crippen molar-refractivity contribution in [1.82, 2.24) is 0 Å². The second kappa shape index (κ2) is 3.62. The summed E-state index contributed by atoms with van der Waals surface area (Å²) in [4.78, 5) is 0. The van der Waals surface area contributed by atoms with Gasteiger partial charge in [-0.3, -0.25) is 10.3 Å². The molecule has 0 aromatic rings. The molecule has 4 heavy (non-hydrogen) atoms. The van der Waals surface area contributed by atoms with Gasteiger partial charge in [-0.25, -0.2) is 0 Å².